The molecule has 0 heterocycles. The van der Waals surface area contributed by atoms with E-state index in [4.69, 9.17) is 16.7 Å². The maximum Gasteiger partial charge on any atom is 0.282 e. The molecule has 3 N–H and O–H groups in total. The highest BCUT2D eigenvalue weighted by Crippen LogP contribution is 2.14. The number of halogens is 3. The molecule has 100 valence electrons. The normalized spacial score (nSPS) is 11.3. The molecule has 7 heteroatoms. The SMILES string of the molecule is O=C(CNCC(F)(F)CO)Nc1cccc(Cl)c1. The average molecular weight is 279 g/mol. The molecular weight excluding hydrogens is 266 g/mol. The van der Waals surface area contributed by atoms with Crippen LogP contribution in [0.4, 0.5) is 14.5 Å². The first-order valence-electron chi connectivity index (χ1n) is 5.18. The van der Waals surface area contributed by atoms with Crippen molar-refractivity contribution in [2.75, 3.05) is 25.0 Å². The summed E-state index contributed by atoms with van der Waals surface area (Å²) in [7, 11) is 0. The quantitative estimate of drug-likeness (QED) is 0.739. The van der Waals surface area contributed by atoms with Gasteiger partial charge < -0.3 is 15.7 Å². The van der Waals surface area contributed by atoms with Gasteiger partial charge in [-0.05, 0) is 18.2 Å². The minimum Gasteiger partial charge on any atom is -0.390 e. The molecule has 0 radical (unpaired) electrons. The number of nitrogens with one attached hydrogen (secondary N) is 2. The van der Waals surface area contributed by atoms with E-state index < -0.39 is 25.0 Å². The summed E-state index contributed by atoms with van der Waals surface area (Å²) < 4.78 is 25.2. The predicted molar refractivity (Wildman–Crippen MR) is 65.0 cm³/mol. The monoisotopic (exact) mass is 278 g/mol. The van der Waals surface area contributed by atoms with Crippen molar-refractivity contribution in [3.05, 3.63) is 29.3 Å². The van der Waals surface area contributed by atoms with Crippen molar-refractivity contribution >= 4 is 23.2 Å². The molecule has 0 aliphatic rings. The fourth-order valence-corrected chi connectivity index (χ4v) is 1.38. The van der Waals surface area contributed by atoms with Crippen LogP contribution in [0.2, 0.25) is 5.02 Å². The highest BCUT2D eigenvalue weighted by molar-refractivity contribution is 6.30. The molecule has 18 heavy (non-hydrogen) atoms. The molecule has 0 saturated carbocycles. The van der Waals surface area contributed by atoms with Crippen molar-refractivity contribution in [2.45, 2.75) is 5.92 Å². The molecule has 0 unspecified atom stereocenters. The van der Waals surface area contributed by atoms with Crippen molar-refractivity contribution in [3.8, 4) is 0 Å². The largest absolute Gasteiger partial charge is 0.390 e. The highest BCUT2D eigenvalue weighted by atomic mass is 35.5. The number of amides is 1. The number of aliphatic hydroxyl groups excluding tert-OH is 1. The molecule has 0 aliphatic heterocycles. The third kappa shape index (κ3) is 5.39. The smallest absolute Gasteiger partial charge is 0.282 e. The lowest BCUT2D eigenvalue weighted by molar-refractivity contribution is -0.115. The van der Waals surface area contributed by atoms with Crippen LogP contribution in [0.3, 0.4) is 0 Å². The number of benzene rings is 1. The van der Waals surface area contributed by atoms with Gasteiger partial charge in [-0.1, -0.05) is 17.7 Å². The van der Waals surface area contributed by atoms with Crippen LogP contribution in [0.5, 0.6) is 0 Å². The Morgan fingerprint density at radius 3 is 2.78 bits per heavy atom. The Bertz CT molecular complexity index is 416. The summed E-state index contributed by atoms with van der Waals surface area (Å²) in [5.41, 5.74) is 0.489. The molecule has 1 aromatic carbocycles. The van der Waals surface area contributed by atoms with Crippen molar-refractivity contribution in [2.24, 2.45) is 0 Å². The molecule has 0 bridgehead atoms. The zero-order valence-electron chi connectivity index (χ0n) is 9.42. The average Bonchev–Trinajstić information content (AvgIpc) is 2.28. The number of anilines is 1. The minimum absolute atomic E-state index is 0.276. The lowest BCUT2D eigenvalue weighted by atomic mass is 10.3. The third-order valence-electron chi connectivity index (χ3n) is 2.01. The van der Waals surface area contributed by atoms with Crippen LogP contribution in [0, 0.1) is 0 Å². The van der Waals surface area contributed by atoms with Gasteiger partial charge in [0.2, 0.25) is 5.91 Å². The van der Waals surface area contributed by atoms with Crippen LogP contribution in [0.1, 0.15) is 0 Å². The molecule has 0 atom stereocenters. The fraction of sp³-hybridized carbons (Fsp3) is 0.364. The Hall–Kier alpha value is -1.24. The summed E-state index contributed by atoms with van der Waals surface area (Å²) in [6.07, 6.45) is 0. The number of rotatable bonds is 6. The predicted octanol–water partition coefficient (Wildman–Crippen LogP) is 1.50. The number of hydrogen-bond donors (Lipinski definition) is 3. The molecule has 0 aliphatic carbocycles. The number of aliphatic hydroxyl groups is 1. The van der Waals surface area contributed by atoms with Gasteiger partial charge in [-0.25, -0.2) is 8.78 Å². The molecule has 1 amide bonds. The second-order valence-electron chi connectivity index (χ2n) is 3.68. The maximum atomic E-state index is 12.6. The molecule has 1 rings (SSSR count). The van der Waals surface area contributed by atoms with Gasteiger partial charge in [-0.15, -0.1) is 0 Å². The van der Waals surface area contributed by atoms with Crippen LogP contribution in [-0.4, -0.2) is 36.6 Å². The molecule has 0 aromatic heterocycles. The van der Waals surface area contributed by atoms with Crippen molar-refractivity contribution < 1.29 is 18.7 Å². The van der Waals surface area contributed by atoms with E-state index in [1.165, 1.54) is 0 Å². The summed E-state index contributed by atoms with van der Waals surface area (Å²) in [5, 5.41) is 13.5. The zero-order chi connectivity index (χ0) is 13.6. The first-order valence-corrected chi connectivity index (χ1v) is 5.55. The Balaban J connectivity index is 2.34. The van der Waals surface area contributed by atoms with Gasteiger partial charge in [0.15, 0.2) is 0 Å². The van der Waals surface area contributed by atoms with Crippen LogP contribution in [-0.2, 0) is 4.79 Å². The lowest BCUT2D eigenvalue weighted by Crippen LogP contribution is -2.39. The lowest BCUT2D eigenvalue weighted by Gasteiger charge is -2.13. The van der Waals surface area contributed by atoms with Crippen LogP contribution < -0.4 is 10.6 Å². The summed E-state index contributed by atoms with van der Waals surface area (Å²) in [4.78, 5) is 11.4. The molecule has 0 spiro atoms. The van der Waals surface area contributed by atoms with E-state index in [-0.39, 0.29) is 6.54 Å². The Labute approximate surface area is 108 Å². The Kier molecular flexibility index (Phi) is 5.46. The first kappa shape index (κ1) is 14.8. The second-order valence-corrected chi connectivity index (χ2v) is 4.11. The summed E-state index contributed by atoms with van der Waals surface area (Å²) in [5.74, 6) is -3.69. The second kappa shape index (κ2) is 6.63. The van der Waals surface area contributed by atoms with E-state index in [0.717, 1.165) is 0 Å². The maximum absolute atomic E-state index is 12.6. The zero-order valence-corrected chi connectivity index (χ0v) is 10.2. The van der Waals surface area contributed by atoms with Gasteiger partial charge in [0.05, 0.1) is 13.1 Å². The van der Waals surface area contributed by atoms with Gasteiger partial charge >= 0.3 is 0 Å². The Morgan fingerprint density at radius 1 is 1.44 bits per heavy atom. The number of carbonyl (C=O) groups is 1. The first-order chi connectivity index (χ1) is 8.43. The van der Waals surface area contributed by atoms with Gasteiger partial charge in [0, 0.05) is 10.7 Å². The van der Waals surface area contributed by atoms with Crippen molar-refractivity contribution in [1.82, 2.24) is 5.32 Å². The standard InChI is InChI=1S/C11H13ClF2N2O2/c12-8-2-1-3-9(4-8)16-10(18)5-15-6-11(13,14)7-17/h1-4,15,17H,5-7H2,(H,16,18). The molecule has 0 saturated heterocycles. The van der Waals surface area contributed by atoms with Crippen LogP contribution in [0.25, 0.3) is 0 Å². The molecule has 1 aromatic rings. The van der Waals surface area contributed by atoms with Gasteiger partial charge in [0.25, 0.3) is 5.92 Å². The van der Waals surface area contributed by atoms with Gasteiger partial charge in [-0.3, -0.25) is 4.79 Å². The highest BCUT2D eigenvalue weighted by Gasteiger charge is 2.27. The Morgan fingerprint density at radius 2 is 2.17 bits per heavy atom. The van der Waals surface area contributed by atoms with E-state index >= 15 is 0 Å². The van der Waals surface area contributed by atoms with Crippen molar-refractivity contribution in [1.29, 1.82) is 0 Å². The van der Waals surface area contributed by atoms with E-state index in [1.807, 2.05) is 0 Å². The molecule has 4 nitrogen and oxygen atoms in total. The minimum atomic E-state index is -3.23. The van der Waals surface area contributed by atoms with Gasteiger partial charge in [0.1, 0.15) is 6.61 Å². The summed E-state index contributed by atoms with van der Waals surface area (Å²) in [6.45, 7) is -2.29. The van der Waals surface area contributed by atoms with E-state index in [2.05, 4.69) is 10.6 Å². The van der Waals surface area contributed by atoms with Crippen LogP contribution in [0.15, 0.2) is 24.3 Å². The van der Waals surface area contributed by atoms with E-state index in [1.54, 1.807) is 24.3 Å². The van der Waals surface area contributed by atoms with E-state index in [9.17, 15) is 13.6 Å². The third-order valence-corrected chi connectivity index (χ3v) is 2.24. The van der Waals surface area contributed by atoms with Crippen LogP contribution >= 0.6 is 11.6 Å². The summed E-state index contributed by atoms with van der Waals surface area (Å²) >= 11 is 5.72. The fourth-order valence-electron chi connectivity index (χ4n) is 1.19. The topological polar surface area (TPSA) is 61.4 Å². The number of hydrogen-bond acceptors (Lipinski definition) is 3. The summed E-state index contributed by atoms with van der Waals surface area (Å²) in [6, 6.07) is 6.48. The van der Waals surface area contributed by atoms with Crippen molar-refractivity contribution in [3.63, 3.8) is 0 Å². The number of carbonyl (C=O) groups excluding carboxylic acids is 1. The molecule has 0 fully saturated rings. The van der Waals surface area contributed by atoms with E-state index in [0.29, 0.717) is 10.7 Å². The van der Waals surface area contributed by atoms with Gasteiger partial charge in [-0.2, -0.15) is 0 Å². The molecular formula is C11H13ClF2N2O2. The number of alkyl halides is 2.